The van der Waals surface area contributed by atoms with Crippen LogP contribution in [-0.2, 0) is 4.79 Å². The molecule has 1 aliphatic rings. The molecule has 1 fully saturated rings. The van der Waals surface area contributed by atoms with Crippen LogP contribution in [0.1, 0.15) is 59.3 Å². The lowest BCUT2D eigenvalue weighted by Gasteiger charge is -2.23. The molecular formula is C22H22N2O3S2. The Bertz CT molecular complexity index is 1090. The topological polar surface area (TPSA) is 80.2 Å². The molecule has 1 aliphatic carbocycles. The van der Waals surface area contributed by atoms with Crippen LogP contribution in [0.5, 0.6) is 0 Å². The standard InChI is InChI=1S/C22H22N2O3S2/c1-13-9-19(28-12-13)21(25)16(10-14-5-3-2-4-6-14)20(22(26)27)15-7-8-17-18(11-15)24-29-23-17/h7-9,11-12,14H,2-6,10H2,1H3,(H,26,27). The average molecular weight is 427 g/mol. The highest BCUT2D eigenvalue weighted by Gasteiger charge is 2.27. The zero-order valence-corrected chi connectivity index (χ0v) is 17.8. The minimum Gasteiger partial charge on any atom is -0.478 e. The summed E-state index contributed by atoms with van der Waals surface area (Å²) >= 11 is 2.47. The number of nitrogens with zero attached hydrogens (tertiary/aromatic N) is 2. The fourth-order valence-corrected chi connectivity index (χ4v) is 5.43. The number of allylic oxidation sites excluding steroid dienone is 1. The summed E-state index contributed by atoms with van der Waals surface area (Å²) in [6, 6.07) is 7.09. The first-order valence-electron chi connectivity index (χ1n) is 9.82. The number of carbonyl (C=O) groups excluding carboxylic acids is 1. The lowest BCUT2D eigenvalue weighted by molar-refractivity contribution is -0.130. The van der Waals surface area contributed by atoms with Gasteiger partial charge in [0.2, 0.25) is 0 Å². The highest BCUT2D eigenvalue weighted by molar-refractivity contribution is 7.12. The second-order valence-corrected chi connectivity index (χ2v) is 9.09. The van der Waals surface area contributed by atoms with Crippen molar-refractivity contribution < 1.29 is 14.7 Å². The van der Waals surface area contributed by atoms with Gasteiger partial charge in [0.05, 0.1) is 22.2 Å². The second-order valence-electron chi connectivity index (χ2n) is 7.65. The van der Waals surface area contributed by atoms with Crippen molar-refractivity contribution in [1.82, 2.24) is 8.75 Å². The summed E-state index contributed by atoms with van der Waals surface area (Å²) in [7, 11) is 0. The number of aliphatic carboxylic acids is 1. The van der Waals surface area contributed by atoms with Crippen LogP contribution < -0.4 is 0 Å². The Labute approximate surface area is 177 Å². The Hall–Kier alpha value is -2.38. The molecule has 1 N–H and O–H groups in total. The molecule has 0 atom stereocenters. The smallest absolute Gasteiger partial charge is 0.336 e. The number of ketones is 1. The monoisotopic (exact) mass is 426 g/mol. The Kier molecular flexibility index (Phi) is 5.87. The number of hydrogen-bond acceptors (Lipinski definition) is 6. The third kappa shape index (κ3) is 4.31. The zero-order valence-electron chi connectivity index (χ0n) is 16.2. The Morgan fingerprint density at radius 3 is 2.55 bits per heavy atom. The van der Waals surface area contributed by atoms with E-state index < -0.39 is 5.97 Å². The average Bonchev–Trinajstić information content (AvgIpc) is 3.36. The maximum atomic E-state index is 13.4. The molecule has 150 valence electrons. The van der Waals surface area contributed by atoms with Crippen molar-refractivity contribution >= 4 is 51.4 Å². The molecule has 3 aromatic rings. The van der Waals surface area contributed by atoms with Crippen molar-refractivity contribution in [3.05, 3.63) is 51.2 Å². The number of benzene rings is 1. The van der Waals surface area contributed by atoms with E-state index in [1.807, 2.05) is 18.4 Å². The van der Waals surface area contributed by atoms with Gasteiger partial charge >= 0.3 is 5.97 Å². The van der Waals surface area contributed by atoms with Crippen molar-refractivity contribution in [2.45, 2.75) is 45.4 Å². The number of Topliss-reactive ketones (excluding diaryl/α,β-unsaturated/α-hetero) is 1. The van der Waals surface area contributed by atoms with Crippen molar-refractivity contribution in [2.75, 3.05) is 0 Å². The molecule has 7 heteroatoms. The number of carboxylic acids is 1. The molecule has 0 unspecified atom stereocenters. The summed E-state index contributed by atoms with van der Waals surface area (Å²) < 4.78 is 8.42. The van der Waals surface area contributed by atoms with Crippen molar-refractivity contribution in [1.29, 1.82) is 0 Å². The van der Waals surface area contributed by atoms with E-state index in [9.17, 15) is 14.7 Å². The lowest BCUT2D eigenvalue weighted by Crippen LogP contribution is -2.16. The van der Waals surface area contributed by atoms with Crippen LogP contribution in [0.2, 0.25) is 0 Å². The number of fused-ring (bicyclic) bond motifs is 1. The first-order chi connectivity index (χ1) is 14.0. The molecule has 0 saturated heterocycles. The number of carboxylic acid groups (broad SMARTS) is 1. The highest BCUT2D eigenvalue weighted by atomic mass is 32.1. The minimum absolute atomic E-state index is 0.0986. The van der Waals surface area contributed by atoms with Crippen molar-refractivity contribution in [2.24, 2.45) is 5.92 Å². The molecule has 4 rings (SSSR count). The maximum absolute atomic E-state index is 13.4. The molecule has 2 aromatic heterocycles. The number of thiophene rings is 1. The summed E-state index contributed by atoms with van der Waals surface area (Å²) in [5.41, 5.74) is 3.43. The molecule has 0 amide bonds. The van der Waals surface area contributed by atoms with Gasteiger partial charge in [-0.05, 0) is 54.0 Å². The van der Waals surface area contributed by atoms with Gasteiger partial charge in [-0.2, -0.15) is 8.75 Å². The molecule has 0 spiro atoms. The van der Waals surface area contributed by atoms with Gasteiger partial charge in [-0.1, -0.05) is 38.2 Å². The quantitative estimate of drug-likeness (QED) is 0.401. The predicted molar refractivity (Wildman–Crippen MR) is 117 cm³/mol. The van der Waals surface area contributed by atoms with Crippen LogP contribution in [0.25, 0.3) is 16.6 Å². The Morgan fingerprint density at radius 1 is 1.10 bits per heavy atom. The van der Waals surface area contributed by atoms with Gasteiger partial charge in [0, 0.05) is 5.57 Å². The predicted octanol–water partition coefficient (Wildman–Crippen LogP) is 5.75. The van der Waals surface area contributed by atoms with Crippen LogP contribution in [0, 0.1) is 12.8 Å². The van der Waals surface area contributed by atoms with Crippen LogP contribution in [0.4, 0.5) is 0 Å². The summed E-state index contributed by atoms with van der Waals surface area (Å²) in [5.74, 6) is -0.884. The van der Waals surface area contributed by atoms with Crippen molar-refractivity contribution in [3.63, 3.8) is 0 Å². The number of carbonyl (C=O) groups is 2. The first kappa shape index (κ1) is 19.9. The third-order valence-corrected chi connectivity index (χ3v) is 7.11. The van der Waals surface area contributed by atoms with E-state index in [-0.39, 0.29) is 11.4 Å². The summed E-state index contributed by atoms with van der Waals surface area (Å²) in [6.45, 7) is 1.94. The summed E-state index contributed by atoms with van der Waals surface area (Å²) in [4.78, 5) is 26.4. The molecule has 0 aliphatic heterocycles. The molecule has 5 nitrogen and oxygen atoms in total. The second kappa shape index (κ2) is 8.55. The van der Waals surface area contributed by atoms with E-state index in [2.05, 4.69) is 8.75 Å². The van der Waals surface area contributed by atoms with Gasteiger partial charge in [0.1, 0.15) is 11.0 Å². The third-order valence-electron chi connectivity index (χ3n) is 5.50. The van der Waals surface area contributed by atoms with E-state index >= 15 is 0 Å². The van der Waals surface area contributed by atoms with Gasteiger partial charge in [0.15, 0.2) is 5.78 Å². The molecule has 1 aromatic carbocycles. The summed E-state index contributed by atoms with van der Waals surface area (Å²) in [5, 5.41) is 12.0. The van der Waals surface area contributed by atoms with Crippen LogP contribution in [0.3, 0.4) is 0 Å². The fourth-order valence-electron chi connectivity index (χ4n) is 4.05. The molecule has 1 saturated carbocycles. The molecule has 2 heterocycles. The highest BCUT2D eigenvalue weighted by Crippen LogP contribution is 2.35. The number of aryl methyl sites for hydroxylation is 1. The fraction of sp³-hybridized carbons (Fsp3) is 0.364. The van der Waals surface area contributed by atoms with Gasteiger partial charge in [-0.15, -0.1) is 11.3 Å². The van der Waals surface area contributed by atoms with E-state index in [1.54, 1.807) is 18.2 Å². The molecular weight excluding hydrogens is 404 g/mol. The molecule has 0 radical (unpaired) electrons. The Balaban J connectivity index is 1.84. The van der Waals surface area contributed by atoms with Gasteiger partial charge in [0.25, 0.3) is 0 Å². The maximum Gasteiger partial charge on any atom is 0.336 e. The van der Waals surface area contributed by atoms with Gasteiger partial charge in [-0.25, -0.2) is 4.79 Å². The number of hydrogen-bond donors (Lipinski definition) is 1. The van der Waals surface area contributed by atoms with Gasteiger partial charge in [-0.3, -0.25) is 4.79 Å². The first-order valence-corrected chi connectivity index (χ1v) is 11.4. The van der Waals surface area contributed by atoms with Crippen LogP contribution >= 0.6 is 23.1 Å². The molecule has 0 bridgehead atoms. The van der Waals surface area contributed by atoms with E-state index in [0.717, 1.165) is 48.5 Å². The summed E-state index contributed by atoms with van der Waals surface area (Å²) in [6.07, 6.45) is 6.09. The van der Waals surface area contributed by atoms with E-state index in [0.29, 0.717) is 33.9 Å². The van der Waals surface area contributed by atoms with Crippen LogP contribution in [-0.4, -0.2) is 25.6 Å². The number of rotatable bonds is 6. The largest absolute Gasteiger partial charge is 0.478 e. The number of aromatic nitrogens is 2. The molecule has 29 heavy (non-hydrogen) atoms. The minimum atomic E-state index is -1.07. The van der Waals surface area contributed by atoms with Crippen molar-refractivity contribution in [3.8, 4) is 0 Å². The van der Waals surface area contributed by atoms with E-state index in [4.69, 9.17) is 0 Å². The van der Waals surface area contributed by atoms with Crippen LogP contribution in [0.15, 0.2) is 35.2 Å². The lowest BCUT2D eigenvalue weighted by atomic mass is 9.81. The zero-order chi connectivity index (χ0) is 20.4. The Morgan fingerprint density at radius 2 is 1.86 bits per heavy atom. The van der Waals surface area contributed by atoms with E-state index in [1.165, 1.54) is 17.8 Å². The normalized spacial score (nSPS) is 16.0. The SMILES string of the molecule is Cc1csc(C(=O)C(CC2CCCCC2)=C(C(=O)O)c2ccc3nsnc3c2)c1. The van der Waals surface area contributed by atoms with Gasteiger partial charge < -0.3 is 5.11 Å².